The number of carbonyl (C=O) groups is 6. The molecule has 2 aromatic rings. The largest absolute Gasteiger partial charge is 0.744 e. The van der Waals surface area contributed by atoms with Crippen LogP contribution in [0.15, 0.2) is 68.8 Å². The van der Waals surface area contributed by atoms with E-state index in [-0.39, 0.29) is 122 Å². The number of nitrogens with one attached hydrogen (secondary N) is 3. The van der Waals surface area contributed by atoms with Crippen molar-refractivity contribution in [3.8, 4) is 22.5 Å². The first-order valence-electron chi connectivity index (χ1n) is 43.8. The maximum Gasteiger partial charge on any atom is 0.317 e. The number of amides is 3. The van der Waals surface area contributed by atoms with Crippen molar-refractivity contribution in [2.75, 3.05) is 136 Å². The number of carboxylic acids is 3. The van der Waals surface area contributed by atoms with Gasteiger partial charge in [0.2, 0.25) is 33.1 Å². The van der Waals surface area contributed by atoms with E-state index < -0.39 is 65.7 Å². The van der Waals surface area contributed by atoms with Gasteiger partial charge in [0, 0.05) is 125 Å². The van der Waals surface area contributed by atoms with Crippen molar-refractivity contribution in [2.24, 2.45) is 0 Å². The number of aliphatic carboxylic acids is 3. The highest BCUT2D eigenvalue weighted by Crippen LogP contribution is 2.44. The molecule has 644 valence electrons. The van der Waals surface area contributed by atoms with Crippen LogP contribution in [0.3, 0.4) is 0 Å². The second-order valence-corrected chi connectivity index (χ2v) is 34.4. The van der Waals surface area contributed by atoms with Gasteiger partial charge < -0.3 is 44.7 Å². The lowest BCUT2D eigenvalue weighted by atomic mass is 9.93. The minimum atomic E-state index is -5.35. The van der Waals surface area contributed by atoms with Gasteiger partial charge in [-0.25, -0.2) is 26.1 Å². The Kier molecular flexibility index (Phi) is 48.1. The molecule has 0 bridgehead atoms. The minimum absolute atomic E-state index is 0.0120. The van der Waals surface area contributed by atoms with Gasteiger partial charge in [0.15, 0.2) is 0 Å². The third-order valence-electron chi connectivity index (χ3n) is 22.3. The number of rotatable bonds is 60. The molecule has 2 heterocycles. The third kappa shape index (κ3) is 37.8. The highest BCUT2D eigenvalue weighted by atomic mass is 32.2. The summed E-state index contributed by atoms with van der Waals surface area (Å²) in [4.78, 5) is 88.9. The van der Waals surface area contributed by atoms with E-state index in [1.54, 1.807) is 19.6 Å². The van der Waals surface area contributed by atoms with Crippen molar-refractivity contribution in [1.82, 2.24) is 44.4 Å². The van der Waals surface area contributed by atoms with Crippen LogP contribution in [0.25, 0.3) is 33.4 Å². The van der Waals surface area contributed by atoms with E-state index in [1.807, 2.05) is 69.0 Å². The average molecular weight is 1630 g/mol. The molecule has 3 aliphatic rings. The number of nitrogens with zero attached hydrogens (tertiary/aromatic N) is 7. The van der Waals surface area contributed by atoms with Gasteiger partial charge in [-0.15, -0.1) is 0 Å². The fourth-order valence-electron chi connectivity index (χ4n) is 15.5. The fourth-order valence-corrected chi connectivity index (χ4v) is 17.4. The molecule has 25 nitrogen and oxygen atoms in total. The fraction of sp³-hybridized carbons (Fsp3) is 0.713. The SMILES string of the molecule is CCCCCCCCCCCCCCCCCCN(CCCCCCCCCCCCCCCCCC)C(=O)CNC(=O)[C@H](CCCCNS(=O)(=O)c1ccc(-c2c3ccc(=[N+](CC)CC)cc-3oc3cc(N(CC)CC)ccc23)c(S(=O)(=O)[O-])c1)NC(=O)CN1CCN(CC(=O)O)CCN(CC(=O)O)CCN(CC(=O)O)CC1. The normalized spacial score (nSPS) is 14.2. The van der Waals surface area contributed by atoms with Gasteiger partial charge in [-0.1, -0.05) is 213 Å². The summed E-state index contributed by atoms with van der Waals surface area (Å²) < 4.78 is 80.3. The average Bonchev–Trinajstić information content (AvgIpc) is 0.737. The van der Waals surface area contributed by atoms with Crippen LogP contribution in [0.2, 0.25) is 0 Å². The van der Waals surface area contributed by atoms with E-state index in [4.69, 9.17) is 4.42 Å². The van der Waals surface area contributed by atoms with Gasteiger partial charge in [-0.05, 0) is 90.1 Å². The van der Waals surface area contributed by atoms with E-state index in [0.29, 0.717) is 67.1 Å². The summed E-state index contributed by atoms with van der Waals surface area (Å²) in [6.45, 7) is 15.9. The Bertz CT molecular complexity index is 3690. The second-order valence-electron chi connectivity index (χ2n) is 31.3. The zero-order valence-electron chi connectivity index (χ0n) is 70.4. The van der Waals surface area contributed by atoms with Crippen molar-refractivity contribution in [2.45, 2.75) is 282 Å². The molecule has 0 spiro atoms. The van der Waals surface area contributed by atoms with Crippen molar-refractivity contribution in [3.63, 3.8) is 0 Å². The molecular formula is C87H144N10O15S2. The number of hydrogen-bond donors (Lipinski definition) is 6. The lowest BCUT2D eigenvalue weighted by molar-refractivity contribution is -0.140. The summed E-state index contributed by atoms with van der Waals surface area (Å²) in [5.41, 5.74) is 2.15. The number of sulfonamides is 1. The van der Waals surface area contributed by atoms with Crippen LogP contribution in [0.1, 0.15) is 266 Å². The Morgan fingerprint density at radius 1 is 0.500 bits per heavy atom. The van der Waals surface area contributed by atoms with Crippen molar-refractivity contribution < 1.29 is 69.9 Å². The number of unbranched alkanes of at least 4 members (excludes halogenated alkanes) is 31. The molecule has 2 aromatic carbocycles. The second kappa shape index (κ2) is 55.9. The van der Waals surface area contributed by atoms with Gasteiger partial charge in [-0.3, -0.25) is 48.4 Å². The standard InChI is InChI=1S/C87H144N10O15S2/c1-7-13-15-17-19-21-23-25-27-29-31-33-35-37-39-43-53-97(54-44-40-38-36-34-32-30-28-26-24-22-20-18-16-14-8-2)82(99)66-88-87(106)77(90-81(98)67-91-55-57-92(68-83(100)101)59-61-94(70-85(104)105)62-60-93(58-56-91)69-84(102)103)45-41-42-52-89-113(107,108)73-48-51-76(80(65-73)114(109,110)111)86-74-49-46-71(95(9-3)10-4)63-78(74)112-79-64-72(47-50-75(79)86)96(11-5)12-6/h46-51,63-65,77,89H,7-45,52-62,66-70H2,1-6H3,(H5-,88,90,98,100,101,102,103,104,105,106,109,110,111)/t77-/m0/s1. The van der Waals surface area contributed by atoms with Crippen LogP contribution >= 0.6 is 0 Å². The number of carboxylic acid groups (broad SMARTS) is 3. The predicted molar refractivity (Wildman–Crippen MR) is 454 cm³/mol. The summed E-state index contributed by atoms with van der Waals surface area (Å²) in [5.74, 6) is -4.37. The van der Waals surface area contributed by atoms with Crippen LogP contribution in [0, 0.1) is 0 Å². The molecule has 114 heavy (non-hydrogen) atoms. The predicted octanol–water partition coefficient (Wildman–Crippen LogP) is 13.6. The lowest BCUT2D eigenvalue weighted by Gasteiger charge is -2.33. The molecule has 27 heteroatoms. The summed E-state index contributed by atoms with van der Waals surface area (Å²) >= 11 is 0. The number of fused-ring (bicyclic) bond motifs is 2. The van der Waals surface area contributed by atoms with E-state index in [9.17, 15) is 65.5 Å². The molecule has 5 rings (SSSR count). The lowest BCUT2D eigenvalue weighted by Crippen LogP contribution is -2.53. The molecule has 1 aliphatic carbocycles. The molecule has 0 saturated carbocycles. The van der Waals surface area contributed by atoms with Gasteiger partial charge in [0.25, 0.3) is 0 Å². The quantitative estimate of drug-likeness (QED) is 0.0103. The zero-order valence-corrected chi connectivity index (χ0v) is 72.0. The molecule has 6 N–H and O–H groups in total. The van der Waals surface area contributed by atoms with Crippen molar-refractivity contribution in [3.05, 3.63) is 60.0 Å². The highest BCUT2D eigenvalue weighted by Gasteiger charge is 2.29. The third-order valence-corrected chi connectivity index (χ3v) is 24.7. The first kappa shape index (κ1) is 98.0. The van der Waals surface area contributed by atoms with Crippen LogP contribution in [-0.2, 0) is 48.9 Å². The van der Waals surface area contributed by atoms with E-state index in [1.165, 1.54) is 166 Å². The Labute approximate surface area is 683 Å². The van der Waals surface area contributed by atoms with Gasteiger partial charge in [-0.2, -0.15) is 0 Å². The summed E-state index contributed by atoms with van der Waals surface area (Å²) in [6.07, 6.45) is 39.4. The molecule has 1 atom stereocenters. The molecular weight excluding hydrogens is 1490 g/mol. The smallest absolute Gasteiger partial charge is 0.317 e. The van der Waals surface area contributed by atoms with E-state index >= 15 is 0 Å². The van der Waals surface area contributed by atoms with Crippen LogP contribution in [-0.4, -0.2) is 234 Å². The number of hydrogen-bond acceptors (Lipinski definition) is 17. The van der Waals surface area contributed by atoms with Gasteiger partial charge in [0.1, 0.15) is 40.6 Å². The Morgan fingerprint density at radius 3 is 1.33 bits per heavy atom. The molecule has 1 fully saturated rings. The number of benzene rings is 3. The monoisotopic (exact) mass is 1630 g/mol. The summed E-state index contributed by atoms with van der Waals surface area (Å²) in [7, 11) is -9.87. The minimum Gasteiger partial charge on any atom is -0.744 e. The first-order chi connectivity index (χ1) is 54.9. The van der Waals surface area contributed by atoms with E-state index in [2.05, 4.69) is 38.7 Å². The van der Waals surface area contributed by atoms with E-state index in [0.717, 1.165) is 68.5 Å². The molecule has 0 radical (unpaired) electrons. The maximum atomic E-state index is 14.6. The summed E-state index contributed by atoms with van der Waals surface area (Å²) in [6, 6.07) is 13.4. The molecule has 3 amide bonds. The Hall–Kier alpha value is -6.59. The molecule has 2 aliphatic heterocycles. The Balaban J connectivity index is 1.34. The topological polar surface area (TPSA) is 326 Å². The van der Waals surface area contributed by atoms with Crippen LogP contribution in [0.5, 0.6) is 0 Å². The van der Waals surface area contributed by atoms with Gasteiger partial charge in [0.05, 0.1) is 48.6 Å². The van der Waals surface area contributed by atoms with Crippen LogP contribution < -0.4 is 30.2 Å². The maximum absolute atomic E-state index is 14.6. The number of anilines is 1. The highest BCUT2D eigenvalue weighted by molar-refractivity contribution is 7.89. The molecule has 0 aromatic heterocycles. The van der Waals surface area contributed by atoms with Crippen LogP contribution in [0.4, 0.5) is 5.69 Å². The number of carbonyl (C=O) groups excluding carboxylic acids is 3. The van der Waals surface area contributed by atoms with Crippen molar-refractivity contribution >= 4 is 72.4 Å². The first-order valence-corrected chi connectivity index (χ1v) is 46.7. The molecule has 1 saturated heterocycles. The van der Waals surface area contributed by atoms with Crippen molar-refractivity contribution in [1.29, 1.82) is 0 Å². The summed E-state index contributed by atoms with van der Waals surface area (Å²) in [5, 5.41) is 36.5. The zero-order chi connectivity index (χ0) is 82.9. The Morgan fingerprint density at radius 2 is 0.921 bits per heavy atom. The molecule has 0 unspecified atom stereocenters. The van der Waals surface area contributed by atoms with Gasteiger partial charge >= 0.3 is 17.9 Å².